The molecule has 0 saturated heterocycles. The Labute approximate surface area is 380 Å². The molecule has 7 atom stereocenters. The zero-order chi connectivity index (χ0) is 47.9. The number of carboxylic acid groups (broad SMARTS) is 1. The van der Waals surface area contributed by atoms with Gasteiger partial charge in [-0.05, 0) is 86.5 Å². The van der Waals surface area contributed by atoms with Gasteiger partial charge in [-0.25, -0.2) is 4.79 Å². The number of nitrogens with two attached hydrogens (primary N) is 5. The van der Waals surface area contributed by atoms with Gasteiger partial charge >= 0.3 is 5.97 Å². The van der Waals surface area contributed by atoms with Gasteiger partial charge in [-0.2, -0.15) is 0 Å². The van der Waals surface area contributed by atoms with E-state index < -0.39 is 83.7 Å². The van der Waals surface area contributed by atoms with Crippen LogP contribution in [0.5, 0.6) is 0 Å². The monoisotopic (exact) mass is 902 g/mol. The molecular weight excluding hydrogens is 835 g/mol. The molecule has 3 aromatic rings. The second kappa shape index (κ2) is 27.8. The largest absolute Gasteiger partial charge is 0.480 e. The number of hydrogen-bond acceptors (Lipinski definition) is 12. The fraction of sp³-hybridized carbons (Fsp3) is 0.457. The Hall–Kier alpha value is -6.25. The molecule has 0 aliphatic carbocycles. The van der Waals surface area contributed by atoms with Crippen LogP contribution in [-0.4, -0.2) is 115 Å². The molecule has 19 heteroatoms. The van der Waals surface area contributed by atoms with Crippen molar-refractivity contribution in [2.45, 2.75) is 101 Å². The molecule has 0 saturated carbocycles. The number of aliphatic carboxylic acids is 1. The average molecular weight is 902 g/mol. The molecule has 0 aromatic heterocycles. The Bertz CT molecular complexity index is 1990. The predicted octanol–water partition coefficient (Wildman–Crippen LogP) is -1.10. The van der Waals surface area contributed by atoms with E-state index >= 15 is 0 Å². The van der Waals surface area contributed by atoms with Gasteiger partial charge in [0.2, 0.25) is 35.4 Å². The van der Waals surface area contributed by atoms with Crippen molar-refractivity contribution in [1.29, 1.82) is 0 Å². The Morgan fingerprint density at radius 1 is 0.446 bits per heavy atom. The lowest BCUT2D eigenvalue weighted by Crippen LogP contribution is -2.60. The summed E-state index contributed by atoms with van der Waals surface area (Å²) in [6, 6.07) is 17.3. The number of carboxylic acids is 1. The quantitative estimate of drug-likeness (QED) is 0.0413. The molecule has 3 rings (SSSR count). The van der Waals surface area contributed by atoms with Crippen LogP contribution < -0.4 is 60.6 Å². The fourth-order valence-corrected chi connectivity index (χ4v) is 6.92. The van der Waals surface area contributed by atoms with Crippen molar-refractivity contribution in [3.63, 3.8) is 0 Å². The van der Waals surface area contributed by atoms with Crippen LogP contribution in [0.25, 0.3) is 11.1 Å². The van der Waals surface area contributed by atoms with Crippen molar-refractivity contribution in [3.8, 4) is 11.1 Å². The maximum Gasteiger partial charge on any atom is 0.326 e. The summed E-state index contributed by atoms with van der Waals surface area (Å²) in [6.07, 6.45) is 0.126. The topological polar surface area (TPSA) is 342 Å². The van der Waals surface area contributed by atoms with Gasteiger partial charge in [0.05, 0.1) is 6.04 Å². The second-order valence-electron chi connectivity index (χ2n) is 16.2. The molecule has 0 radical (unpaired) electrons. The van der Waals surface area contributed by atoms with Crippen LogP contribution in [-0.2, 0) is 46.4 Å². The molecule has 0 unspecified atom stereocenters. The highest BCUT2D eigenvalue weighted by Gasteiger charge is 2.34. The van der Waals surface area contributed by atoms with E-state index in [1.807, 2.05) is 42.5 Å². The van der Waals surface area contributed by atoms with Crippen molar-refractivity contribution in [3.05, 3.63) is 96.1 Å². The standard InChI is InChI=1S/C46H67N11O8/c1-28(2)25-39(46(64)65)57-43(61)36(20-24-50)53-41(59)35(19-23-49)54-44(62)38(27-30-13-15-32(16-14-30)31-11-7-4-8-12-31)56-45(63)37(26-29-9-5-3-6-10-29)55-42(60)34(18-22-48)52-40(58)33(51)17-21-47/h3-16,28,33-39H,17-27,47-51H2,1-2H3,(H,52,58)(H,53,59)(H,54,62)(H,55,60)(H,56,63)(H,57,61)(H,64,65)/t33-,34-,35-,36-,37+,38-,39-/m0/s1. The third kappa shape index (κ3) is 18.0. The summed E-state index contributed by atoms with van der Waals surface area (Å²) in [4.78, 5) is 94.4. The molecule has 65 heavy (non-hydrogen) atoms. The molecular formula is C46H67N11O8. The first kappa shape index (κ1) is 53.1. The van der Waals surface area contributed by atoms with Crippen molar-refractivity contribution < 1.29 is 38.7 Å². The molecule has 0 spiro atoms. The van der Waals surface area contributed by atoms with Gasteiger partial charge in [-0.3, -0.25) is 28.8 Å². The number of benzene rings is 3. The van der Waals surface area contributed by atoms with E-state index in [0.717, 1.165) is 11.1 Å². The summed E-state index contributed by atoms with van der Waals surface area (Å²) in [5, 5.41) is 25.6. The van der Waals surface area contributed by atoms with Crippen molar-refractivity contribution in [2.24, 2.45) is 34.6 Å². The van der Waals surface area contributed by atoms with E-state index in [1.54, 1.807) is 56.3 Å². The predicted molar refractivity (Wildman–Crippen MR) is 247 cm³/mol. The van der Waals surface area contributed by atoms with Gasteiger partial charge in [-0.1, -0.05) is 98.8 Å². The van der Waals surface area contributed by atoms with Crippen molar-refractivity contribution in [1.82, 2.24) is 31.9 Å². The number of carbonyl (C=O) groups is 7. The molecule has 17 N–H and O–H groups in total. The third-order valence-corrected chi connectivity index (χ3v) is 10.5. The van der Waals surface area contributed by atoms with Crippen LogP contribution in [0.2, 0.25) is 0 Å². The summed E-state index contributed by atoms with van der Waals surface area (Å²) >= 11 is 0. The molecule has 0 aliphatic heterocycles. The highest BCUT2D eigenvalue weighted by molar-refractivity contribution is 5.97. The number of rotatable bonds is 28. The first-order chi connectivity index (χ1) is 31.1. The lowest BCUT2D eigenvalue weighted by molar-refractivity contribution is -0.142. The Morgan fingerprint density at radius 2 is 0.785 bits per heavy atom. The molecule has 0 bridgehead atoms. The van der Waals surface area contributed by atoms with E-state index in [9.17, 15) is 38.7 Å². The minimum absolute atomic E-state index is 0.0154. The first-order valence-electron chi connectivity index (χ1n) is 21.9. The molecule has 354 valence electrons. The highest BCUT2D eigenvalue weighted by Crippen LogP contribution is 2.20. The number of amides is 6. The van der Waals surface area contributed by atoms with Crippen LogP contribution in [0.1, 0.15) is 57.1 Å². The van der Waals surface area contributed by atoms with Crippen LogP contribution in [0.15, 0.2) is 84.9 Å². The lowest BCUT2D eigenvalue weighted by Gasteiger charge is -2.28. The zero-order valence-electron chi connectivity index (χ0n) is 37.2. The molecule has 3 aromatic carbocycles. The van der Waals surface area contributed by atoms with Gasteiger partial charge < -0.3 is 65.7 Å². The van der Waals surface area contributed by atoms with E-state index in [4.69, 9.17) is 28.7 Å². The molecule has 0 heterocycles. The van der Waals surface area contributed by atoms with Crippen LogP contribution in [0, 0.1) is 5.92 Å². The van der Waals surface area contributed by atoms with Gasteiger partial charge in [0, 0.05) is 12.8 Å². The van der Waals surface area contributed by atoms with Crippen molar-refractivity contribution in [2.75, 3.05) is 26.2 Å². The highest BCUT2D eigenvalue weighted by atomic mass is 16.4. The lowest BCUT2D eigenvalue weighted by atomic mass is 9.99. The summed E-state index contributed by atoms with van der Waals surface area (Å²) in [7, 11) is 0. The van der Waals surface area contributed by atoms with Crippen LogP contribution in [0.3, 0.4) is 0 Å². The van der Waals surface area contributed by atoms with Gasteiger partial charge in [-0.15, -0.1) is 0 Å². The van der Waals surface area contributed by atoms with Crippen LogP contribution in [0.4, 0.5) is 0 Å². The number of nitrogens with one attached hydrogen (secondary N) is 6. The minimum Gasteiger partial charge on any atom is -0.480 e. The van der Waals surface area contributed by atoms with Crippen LogP contribution >= 0.6 is 0 Å². The first-order valence-corrected chi connectivity index (χ1v) is 21.9. The summed E-state index contributed by atoms with van der Waals surface area (Å²) in [5.74, 6) is -5.73. The SMILES string of the molecule is CC(C)C[C@H](NC(=O)[C@H](CCN)NC(=O)[C@H](CCN)NC(=O)[C@H](Cc1ccc(-c2ccccc2)cc1)NC(=O)[C@@H](Cc1ccccc1)NC(=O)[C@H](CCN)NC(=O)[C@@H](N)CCN)C(=O)O. The summed E-state index contributed by atoms with van der Waals surface area (Å²) in [5.41, 5.74) is 32.2. The number of hydrogen-bond donors (Lipinski definition) is 12. The second-order valence-corrected chi connectivity index (χ2v) is 16.2. The van der Waals surface area contributed by atoms with Crippen molar-refractivity contribution >= 4 is 41.4 Å². The average Bonchev–Trinajstić information content (AvgIpc) is 3.28. The number of carbonyl (C=O) groups excluding carboxylic acids is 6. The Balaban J connectivity index is 1.96. The maximum atomic E-state index is 14.4. The molecule has 6 amide bonds. The van der Waals surface area contributed by atoms with E-state index in [1.165, 1.54) is 0 Å². The smallest absolute Gasteiger partial charge is 0.326 e. The van der Waals surface area contributed by atoms with E-state index in [-0.39, 0.29) is 77.0 Å². The Morgan fingerprint density at radius 3 is 1.18 bits per heavy atom. The van der Waals surface area contributed by atoms with E-state index in [2.05, 4.69) is 31.9 Å². The maximum absolute atomic E-state index is 14.4. The summed E-state index contributed by atoms with van der Waals surface area (Å²) < 4.78 is 0. The van der Waals surface area contributed by atoms with Gasteiger partial charge in [0.25, 0.3) is 0 Å². The van der Waals surface area contributed by atoms with Gasteiger partial charge in [0.1, 0.15) is 36.3 Å². The third-order valence-electron chi connectivity index (χ3n) is 10.5. The molecule has 19 nitrogen and oxygen atoms in total. The fourth-order valence-electron chi connectivity index (χ4n) is 6.92. The summed E-state index contributed by atoms with van der Waals surface area (Å²) in [6.45, 7) is 3.67. The minimum atomic E-state index is -1.34. The van der Waals surface area contributed by atoms with Gasteiger partial charge in [0.15, 0.2) is 0 Å². The molecule has 0 fully saturated rings. The Kier molecular flexibility index (Phi) is 22.7. The zero-order valence-corrected chi connectivity index (χ0v) is 37.2. The van der Waals surface area contributed by atoms with E-state index in [0.29, 0.717) is 11.1 Å². The normalized spacial score (nSPS) is 14.3. The molecule has 0 aliphatic rings.